The molecule has 1 N–H and O–H groups in total. The molecule has 1 heterocycles. The van der Waals surface area contributed by atoms with Gasteiger partial charge in [0.2, 0.25) is 0 Å². The number of halogens is 1. The van der Waals surface area contributed by atoms with Gasteiger partial charge in [0.15, 0.2) is 0 Å². The zero-order valence-corrected chi connectivity index (χ0v) is 13.7. The highest BCUT2D eigenvalue weighted by Gasteiger charge is 2.08. The molecule has 0 amide bonds. The van der Waals surface area contributed by atoms with E-state index in [1.165, 1.54) is 0 Å². The van der Waals surface area contributed by atoms with E-state index in [4.69, 9.17) is 4.74 Å². The van der Waals surface area contributed by atoms with Crippen LogP contribution in [-0.4, -0.2) is 16.8 Å². The molecule has 3 rings (SSSR count). The Morgan fingerprint density at radius 2 is 1.95 bits per heavy atom. The van der Waals surface area contributed by atoms with Crippen molar-refractivity contribution in [3.63, 3.8) is 0 Å². The van der Waals surface area contributed by atoms with Crippen LogP contribution in [0.1, 0.15) is 18.2 Å². The maximum Gasteiger partial charge on any atom is 0.272 e. The quantitative estimate of drug-likeness (QED) is 0.773. The van der Waals surface area contributed by atoms with Crippen LogP contribution in [0, 0.1) is 0 Å². The van der Waals surface area contributed by atoms with Crippen molar-refractivity contribution in [3.8, 4) is 5.75 Å². The Kier molecular flexibility index (Phi) is 4.24. The van der Waals surface area contributed by atoms with E-state index in [-0.39, 0.29) is 5.56 Å². The lowest BCUT2D eigenvalue weighted by Gasteiger charge is -2.09. The second-order valence-corrected chi connectivity index (χ2v) is 5.77. The van der Waals surface area contributed by atoms with Crippen LogP contribution in [-0.2, 0) is 6.42 Å². The standard InChI is InChI=1S/C17H15BrN2O2/c1-2-22-16-8-7-11(9-14(16)18)10-15-12-5-3-4-6-13(12)17(21)20-19-15/h3-9H,2,10H2,1H3,(H,20,21). The summed E-state index contributed by atoms with van der Waals surface area (Å²) in [6.45, 7) is 2.58. The molecule has 0 fully saturated rings. The third-order valence-electron chi connectivity index (χ3n) is 3.44. The summed E-state index contributed by atoms with van der Waals surface area (Å²) in [6.07, 6.45) is 0.641. The van der Waals surface area contributed by atoms with Gasteiger partial charge in [-0.25, -0.2) is 5.10 Å². The maximum atomic E-state index is 11.8. The van der Waals surface area contributed by atoms with Gasteiger partial charge in [0.1, 0.15) is 5.75 Å². The van der Waals surface area contributed by atoms with Crippen molar-refractivity contribution >= 4 is 26.7 Å². The number of aromatic amines is 1. The van der Waals surface area contributed by atoms with Gasteiger partial charge in [-0.15, -0.1) is 0 Å². The van der Waals surface area contributed by atoms with Crippen LogP contribution >= 0.6 is 15.9 Å². The minimum atomic E-state index is -0.160. The average molecular weight is 359 g/mol. The van der Waals surface area contributed by atoms with E-state index in [0.717, 1.165) is 26.9 Å². The van der Waals surface area contributed by atoms with Gasteiger partial charge in [0.05, 0.1) is 22.2 Å². The number of nitrogens with zero attached hydrogens (tertiary/aromatic N) is 1. The zero-order chi connectivity index (χ0) is 15.5. The second kappa shape index (κ2) is 6.32. The van der Waals surface area contributed by atoms with Crippen LogP contribution in [0.3, 0.4) is 0 Å². The number of benzene rings is 2. The Hall–Kier alpha value is -2.14. The van der Waals surface area contributed by atoms with Gasteiger partial charge in [-0.3, -0.25) is 4.79 Å². The monoisotopic (exact) mass is 358 g/mol. The molecule has 22 heavy (non-hydrogen) atoms. The number of hydrogen-bond acceptors (Lipinski definition) is 3. The Labute approximate surface area is 136 Å². The molecule has 0 unspecified atom stereocenters. The lowest BCUT2D eigenvalue weighted by atomic mass is 10.0. The lowest BCUT2D eigenvalue weighted by Crippen LogP contribution is -2.11. The molecule has 0 bridgehead atoms. The number of rotatable bonds is 4. The van der Waals surface area contributed by atoms with Gasteiger partial charge >= 0.3 is 0 Å². The van der Waals surface area contributed by atoms with Crippen molar-refractivity contribution in [3.05, 3.63) is 68.5 Å². The molecule has 1 aromatic heterocycles. The van der Waals surface area contributed by atoms with Gasteiger partial charge in [-0.1, -0.05) is 24.3 Å². The fourth-order valence-electron chi connectivity index (χ4n) is 2.43. The Bertz CT molecular complexity index is 874. The molecule has 112 valence electrons. The molecule has 0 saturated carbocycles. The van der Waals surface area contributed by atoms with Crippen molar-refractivity contribution in [2.24, 2.45) is 0 Å². The van der Waals surface area contributed by atoms with Gasteiger partial charge in [-0.2, -0.15) is 5.10 Å². The first-order valence-electron chi connectivity index (χ1n) is 7.06. The predicted molar refractivity (Wildman–Crippen MR) is 90.5 cm³/mol. The normalized spacial score (nSPS) is 10.8. The van der Waals surface area contributed by atoms with Crippen molar-refractivity contribution in [2.45, 2.75) is 13.3 Å². The van der Waals surface area contributed by atoms with Crippen LogP contribution in [0.15, 0.2) is 51.7 Å². The molecule has 5 heteroatoms. The van der Waals surface area contributed by atoms with E-state index in [9.17, 15) is 4.79 Å². The molecular weight excluding hydrogens is 344 g/mol. The summed E-state index contributed by atoms with van der Waals surface area (Å²) in [5.41, 5.74) is 1.79. The fraction of sp³-hybridized carbons (Fsp3) is 0.176. The topological polar surface area (TPSA) is 55.0 Å². The second-order valence-electron chi connectivity index (χ2n) is 4.92. The number of H-pyrrole nitrogens is 1. The lowest BCUT2D eigenvalue weighted by molar-refractivity contribution is 0.338. The van der Waals surface area contributed by atoms with E-state index in [1.807, 2.05) is 49.4 Å². The SMILES string of the molecule is CCOc1ccc(Cc2n[nH]c(=O)c3ccccc23)cc1Br. The molecule has 0 spiro atoms. The summed E-state index contributed by atoms with van der Waals surface area (Å²) in [5.74, 6) is 0.825. The van der Waals surface area contributed by atoms with Crippen molar-refractivity contribution < 1.29 is 4.74 Å². The average Bonchev–Trinajstić information content (AvgIpc) is 2.53. The van der Waals surface area contributed by atoms with Crippen LogP contribution in [0.2, 0.25) is 0 Å². The molecule has 0 aliphatic rings. The summed E-state index contributed by atoms with van der Waals surface area (Å²) >= 11 is 3.52. The first-order valence-corrected chi connectivity index (χ1v) is 7.86. The van der Waals surface area contributed by atoms with E-state index >= 15 is 0 Å². The van der Waals surface area contributed by atoms with E-state index in [2.05, 4.69) is 26.1 Å². The molecular formula is C17H15BrN2O2. The largest absolute Gasteiger partial charge is 0.493 e. The summed E-state index contributed by atoms with van der Waals surface area (Å²) in [4.78, 5) is 11.8. The van der Waals surface area contributed by atoms with Crippen LogP contribution < -0.4 is 10.3 Å². The molecule has 0 aliphatic carbocycles. The Morgan fingerprint density at radius 1 is 1.18 bits per heavy atom. The van der Waals surface area contributed by atoms with Crippen molar-refractivity contribution in [1.29, 1.82) is 0 Å². The highest BCUT2D eigenvalue weighted by molar-refractivity contribution is 9.10. The number of nitrogens with one attached hydrogen (secondary N) is 1. The number of fused-ring (bicyclic) bond motifs is 1. The smallest absolute Gasteiger partial charge is 0.272 e. The van der Waals surface area contributed by atoms with Crippen molar-refractivity contribution in [2.75, 3.05) is 6.61 Å². The predicted octanol–water partition coefficient (Wildman–Crippen LogP) is 3.68. The first-order chi connectivity index (χ1) is 10.7. The van der Waals surface area contributed by atoms with Crippen molar-refractivity contribution in [1.82, 2.24) is 10.2 Å². The minimum Gasteiger partial charge on any atom is -0.493 e. The fourth-order valence-corrected chi connectivity index (χ4v) is 2.97. The highest BCUT2D eigenvalue weighted by Crippen LogP contribution is 2.27. The molecule has 0 radical (unpaired) electrons. The summed E-state index contributed by atoms with van der Waals surface area (Å²) < 4.78 is 6.44. The minimum absolute atomic E-state index is 0.160. The molecule has 4 nitrogen and oxygen atoms in total. The van der Waals surface area contributed by atoms with Gasteiger partial charge in [0, 0.05) is 11.8 Å². The third-order valence-corrected chi connectivity index (χ3v) is 4.06. The van der Waals surface area contributed by atoms with Crippen LogP contribution in [0.25, 0.3) is 10.8 Å². The number of aromatic nitrogens is 2. The van der Waals surface area contributed by atoms with Crippen LogP contribution in [0.5, 0.6) is 5.75 Å². The van der Waals surface area contributed by atoms with E-state index < -0.39 is 0 Å². The number of ether oxygens (including phenoxy) is 1. The van der Waals surface area contributed by atoms with Gasteiger partial charge < -0.3 is 4.74 Å². The van der Waals surface area contributed by atoms with E-state index in [0.29, 0.717) is 18.4 Å². The van der Waals surface area contributed by atoms with Gasteiger partial charge in [-0.05, 0) is 46.6 Å². The molecule has 0 aliphatic heterocycles. The zero-order valence-electron chi connectivity index (χ0n) is 12.1. The first kappa shape index (κ1) is 14.8. The van der Waals surface area contributed by atoms with E-state index in [1.54, 1.807) is 0 Å². The molecule has 0 saturated heterocycles. The van der Waals surface area contributed by atoms with Gasteiger partial charge in [0.25, 0.3) is 5.56 Å². The Morgan fingerprint density at radius 3 is 2.68 bits per heavy atom. The summed E-state index contributed by atoms with van der Waals surface area (Å²) in [7, 11) is 0. The summed E-state index contributed by atoms with van der Waals surface area (Å²) in [6, 6.07) is 13.5. The third kappa shape index (κ3) is 2.90. The number of hydrogen-bond donors (Lipinski definition) is 1. The van der Waals surface area contributed by atoms with Crippen LogP contribution in [0.4, 0.5) is 0 Å². The molecule has 3 aromatic rings. The maximum absolute atomic E-state index is 11.8. The Balaban J connectivity index is 1.99. The highest BCUT2D eigenvalue weighted by atomic mass is 79.9. The molecule has 0 atom stereocenters. The molecule has 2 aromatic carbocycles. The summed E-state index contributed by atoms with van der Waals surface area (Å²) in [5, 5.41) is 8.32.